The number of halogens is 3. The fraction of sp³-hybridized carbons (Fsp3) is 0.429. The zero-order valence-electron chi connectivity index (χ0n) is 10.7. The van der Waals surface area contributed by atoms with Crippen LogP contribution in [-0.2, 0) is 0 Å². The molecule has 5 heteroatoms. The first-order valence-corrected chi connectivity index (χ1v) is 6.60. The van der Waals surface area contributed by atoms with Gasteiger partial charge < -0.3 is 5.32 Å². The lowest BCUT2D eigenvalue weighted by Crippen LogP contribution is -2.45. The van der Waals surface area contributed by atoms with Gasteiger partial charge in [0.2, 0.25) is 0 Å². The van der Waals surface area contributed by atoms with Gasteiger partial charge in [0.05, 0.1) is 0 Å². The van der Waals surface area contributed by atoms with Crippen molar-refractivity contribution in [2.45, 2.75) is 12.5 Å². The van der Waals surface area contributed by atoms with Crippen molar-refractivity contribution in [3.63, 3.8) is 0 Å². The van der Waals surface area contributed by atoms with Crippen LogP contribution < -0.4 is 5.32 Å². The quantitative estimate of drug-likeness (QED) is 0.858. The second-order valence-electron chi connectivity index (χ2n) is 4.53. The summed E-state index contributed by atoms with van der Waals surface area (Å²) in [5.41, 5.74) is 0.932. The van der Waals surface area contributed by atoms with E-state index >= 15 is 0 Å². The molecule has 1 aliphatic rings. The first kappa shape index (κ1) is 16.4. The largest absolute Gasteiger partial charge is 0.314 e. The number of hydrogen-bond acceptors (Lipinski definition) is 2. The molecule has 2 nitrogen and oxygen atoms in total. The number of hydrogen-bond donors (Lipinski definition) is 1. The van der Waals surface area contributed by atoms with Gasteiger partial charge in [0.15, 0.2) is 0 Å². The minimum absolute atomic E-state index is 0. The Morgan fingerprint density at radius 1 is 1.37 bits per heavy atom. The van der Waals surface area contributed by atoms with E-state index in [0.717, 1.165) is 38.2 Å². The zero-order chi connectivity index (χ0) is 13.0. The molecule has 2 rings (SSSR count). The first-order chi connectivity index (χ1) is 8.70. The van der Waals surface area contributed by atoms with Gasteiger partial charge in [0, 0.05) is 37.2 Å². The lowest BCUT2D eigenvalue weighted by molar-refractivity contribution is 0.174. The third kappa shape index (κ3) is 4.46. The average Bonchev–Trinajstić information content (AvgIpc) is 2.36. The van der Waals surface area contributed by atoms with Crippen LogP contribution in [0.4, 0.5) is 4.39 Å². The Labute approximate surface area is 125 Å². The van der Waals surface area contributed by atoms with Gasteiger partial charge in [-0.05, 0) is 30.2 Å². The molecule has 106 valence electrons. The maximum Gasteiger partial charge on any atom is 0.125 e. The smallest absolute Gasteiger partial charge is 0.125 e. The molecule has 1 saturated heterocycles. The second kappa shape index (κ2) is 7.85. The predicted octanol–water partition coefficient (Wildman–Crippen LogP) is 3.42. The van der Waals surface area contributed by atoms with Crippen LogP contribution in [0.3, 0.4) is 0 Å². The Bertz CT molecular complexity index is 400. The molecule has 0 aromatic heterocycles. The van der Waals surface area contributed by atoms with Crippen LogP contribution in [-0.4, -0.2) is 31.1 Å². The summed E-state index contributed by atoms with van der Waals surface area (Å²) in [7, 11) is 0. The number of benzene rings is 1. The molecular formula is C14H19Cl2FN2. The Kier molecular flexibility index (Phi) is 6.80. The Hall–Kier alpha value is -0.610. The monoisotopic (exact) mass is 304 g/mol. The summed E-state index contributed by atoms with van der Waals surface area (Å²) in [6.45, 7) is 7.66. The molecule has 0 radical (unpaired) electrons. The van der Waals surface area contributed by atoms with Crippen LogP contribution in [0.2, 0.25) is 5.02 Å². The van der Waals surface area contributed by atoms with Gasteiger partial charge >= 0.3 is 0 Å². The summed E-state index contributed by atoms with van der Waals surface area (Å²) in [6, 6.07) is 4.93. The van der Waals surface area contributed by atoms with E-state index in [1.165, 1.54) is 6.07 Å². The van der Waals surface area contributed by atoms with Crippen molar-refractivity contribution in [3.8, 4) is 0 Å². The highest BCUT2D eigenvalue weighted by Crippen LogP contribution is 2.28. The predicted molar refractivity (Wildman–Crippen MR) is 80.7 cm³/mol. The van der Waals surface area contributed by atoms with Crippen molar-refractivity contribution < 1.29 is 4.39 Å². The lowest BCUT2D eigenvalue weighted by Gasteiger charge is -2.34. The van der Waals surface area contributed by atoms with Crippen LogP contribution in [0.5, 0.6) is 0 Å². The van der Waals surface area contributed by atoms with E-state index in [1.807, 2.05) is 12.1 Å². The molecule has 0 spiro atoms. The van der Waals surface area contributed by atoms with Crippen molar-refractivity contribution in [2.24, 2.45) is 0 Å². The molecule has 1 N–H and O–H groups in total. The number of nitrogens with one attached hydrogen (secondary N) is 1. The number of piperazine rings is 1. The van der Waals surface area contributed by atoms with E-state index < -0.39 is 0 Å². The van der Waals surface area contributed by atoms with E-state index in [1.54, 1.807) is 6.07 Å². The second-order valence-corrected chi connectivity index (χ2v) is 4.97. The van der Waals surface area contributed by atoms with Gasteiger partial charge in [0.25, 0.3) is 0 Å². The molecule has 0 bridgehead atoms. The summed E-state index contributed by atoms with van der Waals surface area (Å²) >= 11 is 5.94. The molecule has 1 aromatic carbocycles. The highest BCUT2D eigenvalue weighted by molar-refractivity contribution is 6.30. The van der Waals surface area contributed by atoms with Crippen molar-refractivity contribution in [2.75, 3.05) is 26.2 Å². The molecule has 0 saturated carbocycles. The highest BCUT2D eigenvalue weighted by Gasteiger charge is 2.21. The highest BCUT2D eigenvalue weighted by atomic mass is 35.5. The van der Waals surface area contributed by atoms with Crippen molar-refractivity contribution >= 4 is 24.0 Å². The van der Waals surface area contributed by atoms with Gasteiger partial charge in [0.1, 0.15) is 5.82 Å². The van der Waals surface area contributed by atoms with E-state index in [9.17, 15) is 4.39 Å². The number of nitrogens with zero attached hydrogens (tertiary/aromatic N) is 1. The van der Waals surface area contributed by atoms with E-state index in [-0.39, 0.29) is 24.3 Å². The third-order valence-electron chi connectivity index (χ3n) is 3.25. The fourth-order valence-corrected chi connectivity index (χ4v) is 2.65. The maximum absolute atomic E-state index is 13.5. The molecule has 1 fully saturated rings. The number of rotatable bonds is 4. The van der Waals surface area contributed by atoms with E-state index in [4.69, 9.17) is 11.6 Å². The SMILES string of the molecule is C=CC[C@@H](c1cc(F)cc(Cl)c1)N1CCNCC1.Cl. The Morgan fingerprint density at radius 2 is 2.05 bits per heavy atom. The molecule has 19 heavy (non-hydrogen) atoms. The van der Waals surface area contributed by atoms with Crippen LogP contribution in [0.15, 0.2) is 30.9 Å². The molecule has 0 amide bonds. The molecule has 1 aliphatic heterocycles. The summed E-state index contributed by atoms with van der Waals surface area (Å²) < 4.78 is 13.5. The molecule has 1 heterocycles. The molecule has 0 unspecified atom stereocenters. The van der Waals surface area contributed by atoms with Crippen molar-refractivity contribution in [1.82, 2.24) is 10.2 Å². The summed E-state index contributed by atoms with van der Waals surface area (Å²) in [5, 5.41) is 3.77. The van der Waals surface area contributed by atoms with Gasteiger partial charge in [-0.1, -0.05) is 17.7 Å². The van der Waals surface area contributed by atoms with Crippen LogP contribution >= 0.6 is 24.0 Å². The molecule has 1 aromatic rings. The normalized spacial score (nSPS) is 17.6. The van der Waals surface area contributed by atoms with Crippen LogP contribution in [0.1, 0.15) is 18.0 Å². The van der Waals surface area contributed by atoms with Crippen LogP contribution in [0.25, 0.3) is 0 Å². The van der Waals surface area contributed by atoms with Gasteiger partial charge in [-0.3, -0.25) is 4.90 Å². The van der Waals surface area contributed by atoms with Crippen LogP contribution in [0, 0.1) is 5.82 Å². The Balaban J connectivity index is 0.00000180. The fourth-order valence-electron chi connectivity index (χ4n) is 2.42. The topological polar surface area (TPSA) is 15.3 Å². The minimum atomic E-state index is -0.276. The summed E-state index contributed by atoms with van der Waals surface area (Å²) in [5.74, 6) is -0.276. The average molecular weight is 305 g/mol. The van der Waals surface area contributed by atoms with Crippen molar-refractivity contribution in [1.29, 1.82) is 0 Å². The molecule has 1 atom stereocenters. The molecule has 0 aliphatic carbocycles. The van der Waals surface area contributed by atoms with E-state index in [0.29, 0.717) is 5.02 Å². The zero-order valence-corrected chi connectivity index (χ0v) is 12.3. The van der Waals surface area contributed by atoms with Gasteiger partial charge in [-0.15, -0.1) is 19.0 Å². The van der Waals surface area contributed by atoms with Gasteiger partial charge in [-0.2, -0.15) is 0 Å². The standard InChI is InChI=1S/C14H18ClFN2.ClH/c1-2-3-14(18-6-4-17-5-7-18)11-8-12(15)10-13(16)9-11;/h2,8-10,14,17H,1,3-7H2;1H/t14-;/m0./s1. The minimum Gasteiger partial charge on any atom is -0.314 e. The first-order valence-electron chi connectivity index (χ1n) is 6.22. The van der Waals surface area contributed by atoms with Crippen molar-refractivity contribution in [3.05, 3.63) is 47.3 Å². The lowest BCUT2D eigenvalue weighted by atomic mass is 10.0. The van der Waals surface area contributed by atoms with Gasteiger partial charge in [-0.25, -0.2) is 4.39 Å². The third-order valence-corrected chi connectivity index (χ3v) is 3.47. The molecular weight excluding hydrogens is 286 g/mol. The maximum atomic E-state index is 13.5. The van der Waals surface area contributed by atoms with E-state index in [2.05, 4.69) is 16.8 Å². The summed E-state index contributed by atoms with van der Waals surface area (Å²) in [6.07, 6.45) is 2.69. The summed E-state index contributed by atoms with van der Waals surface area (Å²) in [4.78, 5) is 2.35. The Morgan fingerprint density at radius 3 is 2.63 bits per heavy atom.